The van der Waals surface area contributed by atoms with E-state index in [2.05, 4.69) is 25.2 Å². The van der Waals surface area contributed by atoms with E-state index < -0.39 is 0 Å². The van der Waals surface area contributed by atoms with Gasteiger partial charge >= 0.3 is 0 Å². The SMILES string of the molecule is CCCNc1cccc(SCC)c1C(N)=S. The topological polar surface area (TPSA) is 38.0 Å². The monoisotopic (exact) mass is 254 g/mol. The first-order valence-corrected chi connectivity index (χ1v) is 6.89. The second-order valence-corrected chi connectivity index (χ2v) is 5.15. The van der Waals surface area contributed by atoms with Gasteiger partial charge in [0.25, 0.3) is 0 Å². The Bertz CT molecular complexity index is 364. The second kappa shape index (κ2) is 6.76. The molecule has 4 heteroatoms. The van der Waals surface area contributed by atoms with E-state index in [0.717, 1.165) is 34.9 Å². The second-order valence-electron chi connectivity index (χ2n) is 3.40. The fourth-order valence-corrected chi connectivity index (χ4v) is 2.60. The fourth-order valence-electron chi connectivity index (χ4n) is 1.47. The third-order valence-electron chi connectivity index (χ3n) is 2.14. The molecule has 0 atom stereocenters. The first-order valence-electron chi connectivity index (χ1n) is 5.50. The van der Waals surface area contributed by atoms with E-state index in [4.69, 9.17) is 18.0 Å². The summed E-state index contributed by atoms with van der Waals surface area (Å²) in [5.41, 5.74) is 7.83. The molecule has 0 saturated carbocycles. The number of benzene rings is 1. The molecule has 0 aliphatic carbocycles. The largest absolute Gasteiger partial charge is 0.389 e. The normalized spacial score (nSPS) is 10.1. The van der Waals surface area contributed by atoms with Crippen molar-refractivity contribution in [3.05, 3.63) is 23.8 Å². The number of rotatable bonds is 6. The van der Waals surface area contributed by atoms with Crippen LogP contribution in [0.1, 0.15) is 25.8 Å². The standard InChI is InChI=1S/C12H18N2S2/c1-3-8-14-9-6-5-7-10(16-4-2)11(9)12(13)15/h5-7,14H,3-4,8H2,1-2H3,(H2,13,15). The molecule has 2 nitrogen and oxygen atoms in total. The summed E-state index contributed by atoms with van der Waals surface area (Å²) in [6.07, 6.45) is 1.09. The lowest BCUT2D eigenvalue weighted by Crippen LogP contribution is -2.15. The highest BCUT2D eigenvalue weighted by atomic mass is 32.2. The molecule has 0 saturated heterocycles. The molecule has 0 fully saturated rings. The molecular weight excluding hydrogens is 236 g/mol. The van der Waals surface area contributed by atoms with Gasteiger partial charge in [-0.05, 0) is 24.3 Å². The highest BCUT2D eigenvalue weighted by Crippen LogP contribution is 2.28. The molecular formula is C12H18N2S2. The maximum atomic E-state index is 5.80. The molecule has 0 spiro atoms. The summed E-state index contributed by atoms with van der Waals surface area (Å²) in [5, 5.41) is 3.36. The average Bonchev–Trinajstić information content (AvgIpc) is 2.26. The van der Waals surface area contributed by atoms with Crippen molar-refractivity contribution < 1.29 is 0 Å². The van der Waals surface area contributed by atoms with Gasteiger partial charge in [0.05, 0.1) is 0 Å². The van der Waals surface area contributed by atoms with E-state index in [1.165, 1.54) is 0 Å². The predicted octanol–water partition coefficient (Wildman–Crippen LogP) is 3.25. The highest BCUT2D eigenvalue weighted by molar-refractivity contribution is 7.99. The quantitative estimate of drug-likeness (QED) is 0.604. The van der Waals surface area contributed by atoms with E-state index in [1.54, 1.807) is 11.8 Å². The Hall–Kier alpha value is -0.740. The van der Waals surface area contributed by atoms with Crippen LogP contribution in [0.5, 0.6) is 0 Å². The minimum Gasteiger partial charge on any atom is -0.389 e. The van der Waals surface area contributed by atoms with Crippen LogP contribution in [0.4, 0.5) is 5.69 Å². The summed E-state index contributed by atoms with van der Waals surface area (Å²) in [6.45, 7) is 5.20. The van der Waals surface area contributed by atoms with Crippen LogP contribution in [0.3, 0.4) is 0 Å². The summed E-state index contributed by atoms with van der Waals surface area (Å²) < 4.78 is 0. The Kier molecular flexibility index (Phi) is 5.63. The number of thiocarbonyl (C=S) groups is 1. The average molecular weight is 254 g/mol. The van der Waals surface area contributed by atoms with Gasteiger partial charge in [0, 0.05) is 22.7 Å². The Labute approximate surface area is 107 Å². The Morgan fingerprint density at radius 3 is 2.75 bits per heavy atom. The molecule has 0 heterocycles. The van der Waals surface area contributed by atoms with Crippen molar-refractivity contribution in [2.24, 2.45) is 5.73 Å². The van der Waals surface area contributed by atoms with E-state index in [1.807, 2.05) is 12.1 Å². The van der Waals surface area contributed by atoms with Crippen LogP contribution < -0.4 is 11.1 Å². The van der Waals surface area contributed by atoms with Gasteiger partial charge in [-0.25, -0.2) is 0 Å². The van der Waals surface area contributed by atoms with Crippen LogP contribution in [0, 0.1) is 0 Å². The first kappa shape index (κ1) is 13.3. The molecule has 1 aromatic carbocycles. The molecule has 0 radical (unpaired) electrons. The van der Waals surface area contributed by atoms with Crippen molar-refractivity contribution in [1.82, 2.24) is 0 Å². The molecule has 0 aliphatic heterocycles. The Morgan fingerprint density at radius 1 is 1.44 bits per heavy atom. The number of hydrogen-bond acceptors (Lipinski definition) is 3. The molecule has 0 aliphatic rings. The number of nitrogens with one attached hydrogen (secondary N) is 1. The minimum absolute atomic E-state index is 0.468. The van der Waals surface area contributed by atoms with Crippen molar-refractivity contribution in [3.8, 4) is 0 Å². The van der Waals surface area contributed by atoms with Crippen LogP contribution in [0.2, 0.25) is 0 Å². The highest BCUT2D eigenvalue weighted by Gasteiger charge is 2.10. The van der Waals surface area contributed by atoms with Gasteiger partial charge in [0.15, 0.2) is 0 Å². The van der Waals surface area contributed by atoms with Crippen molar-refractivity contribution in [1.29, 1.82) is 0 Å². The zero-order valence-electron chi connectivity index (χ0n) is 9.75. The van der Waals surface area contributed by atoms with Gasteiger partial charge in [0.2, 0.25) is 0 Å². The van der Waals surface area contributed by atoms with Crippen molar-refractivity contribution in [2.75, 3.05) is 17.6 Å². The molecule has 0 bridgehead atoms. The van der Waals surface area contributed by atoms with Crippen molar-refractivity contribution in [2.45, 2.75) is 25.2 Å². The predicted molar refractivity (Wildman–Crippen MR) is 77.5 cm³/mol. The van der Waals surface area contributed by atoms with E-state index >= 15 is 0 Å². The Balaban J connectivity index is 3.05. The summed E-state index contributed by atoms with van der Waals surface area (Å²) in [5.74, 6) is 1.02. The maximum absolute atomic E-state index is 5.80. The molecule has 0 amide bonds. The molecule has 88 valence electrons. The van der Waals surface area contributed by atoms with Crippen LogP contribution in [0.15, 0.2) is 23.1 Å². The maximum Gasteiger partial charge on any atom is 0.107 e. The zero-order chi connectivity index (χ0) is 12.0. The third-order valence-corrected chi connectivity index (χ3v) is 3.28. The van der Waals surface area contributed by atoms with Gasteiger partial charge in [-0.15, -0.1) is 11.8 Å². The van der Waals surface area contributed by atoms with Gasteiger partial charge < -0.3 is 11.1 Å². The molecule has 16 heavy (non-hydrogen) atoms. The van der Waals surface area contributed by atoms with Crippen molar-refractivity contribution >= 4 is 34.7 Å². The smallest absolute Gasteiger partial charge is 0.107 e. The summed E-state index contributed by atoms with van der Waals surface area (Å²) in [7, 11) is 0. The van der Waals surface area contributed by atoms with E-state index in [0.29, 0.717) is 4.99 Å². The molecule has 0 unspecified atom stereocenters. The lowest BCUT2D eigenvalue weighted by Gasteiger charge is -2.14. The van der Waals surface area contributed by atoms with E-state index in [9.17, 15) is 0 Å². The summed E-state index contributed by atoms with van der Waals surface area (Å²) >= 11 is 6.90. The lowest BCUT2D eigenvalue weighted by molar-refractivity contribution is 0.978. The molecule has 1 rings (SSSR count). The first-order chi connectivity index (χ1) is 7.70. The number of anilines is 1. The van der Waals surface area contributed by atoms with Gasteiger partial charge in [-0.1, -0.05) is 32.1 Å². The number of thioether (sulfide) groups is 1. The summed E-state index contributed by atoms with van der Waals surface area (Å²) in [6, 6.07) is 6.14. The fraction of sp³-hybridized carbons (Fsp3) is 0.417. The summed E-state index contributed by atoms with van der Waals surface area (Å²) in [4.78, 5) is 1.63. The lowest BCUT2D eigenvalue weighted by atomic mass is 10.1. The van der Waals surface area contributed by atoms with Crippen LogP contribution in [-0.2, 0) is 0 Å². The van der Waals surface area contributed by atoms with Crippen LogP contribution >= 0.6 is 24.0 Å². The Morgan fingerprint density at radius 2 is 2.19 bits per heavy atom. The van der Waals surface area contributed by atoms with Crippen LogP contribution in [0.25, 0.3) is 0 Å². The molecule has 3 N–H and O–H groups in total. The third kappa shape index (κ3) is 3.39. The zero-order valence-corrected chi connectivity index (χ0v) is 11.4. The van der Waals surface area contributed by atoms with Gasteiger partial charge in [-0.2, -0.15) is 0 Å². The van der Waals surface area contributed by atoms with Gasteiger partial charge in [0.1, 0.15) is 4.99 Å². The molecule has 1 aromatic rings. The van der Waals surface area contributed by atoms with Crippen molar-refractivity contribution in [3.63, 3.8) is 0 Å². The number of hydrogen-bond donors (Lipinski definition) is 2. The number of nitrogens with two attached hydrogens (primary N) is 1. The van der Waals surface area contributed by atoms with Crippen LogP contribution in [-0.4, -0.2) is 17.3 Å². The van der Waals surface area contributed by atoms with E-state index in [-0.39, 0.29) is 0 Å². The minimum atomic E-state index is 0.468. The molecule has 0 aromatic heterocycles. The van der Waals surface area contributed by atoms with Gasteiger partial charge in [-0.3, -0.25) is 0 Å².